The second-order valence-corrected chi connectivity index (χ2v) is 5.84. The first kappa shape index (κ1) is 20.7. The number of aliphatic carboxylic acids is 1. The van der Waals surface area contributed by atoms with Crippen molar-refractivity contribution in [2.24, 2.45) is 0 Å². The van der Waals surface area contributed by atoms with Gasteiger partial charge >= 0.3 is 11.7 Å². The van der Waals surface area contributed by atoms with Gasteiger partial charge in [-0.2, -0.15) is 0 Å². The van der Waals surface area contributed by atoms with Crippen molar-refractivity contribution in [3.05, 3.63) is 64.2 Å². The van der Waals surface area contributed by atoms with Crippen molar-refractivity contribution < 1.29 is 29.1 Å². The van der Waals surface area contributed by atoms with Crippen molar-refractivity contribution >= 4 is 17.6 Å². The highest BCUT2D eigenvalue weighted by Crippen LogP contribution is 2.30. The number of nitrogens with zero attached hydrogens (tertiary/aromatic N) is 1. The molecule has 1 unspecified atom stereocenters. The number of nitrogens with one attached hydrogen (secondary N) is 1. The lowest BCUT2D eigenvalue weighted by Crippen LogP contribution is -2.33. The zero-order valence-corrected chi connectivity index (χ0v) is 15.2. The number of ether oxygens (including phenoxy) is 2. The van der Waals surface area contributed by atoms with Crippen molar-refractivity contribution in [3.63, 3.8) is 0 Å². The molecule has 0 aliphatic carbocycles. The van der Waals surface area contributed by atoms with Gasteiger partial charge in [0.2, 0.25) is 5.75 Å². The minimum atomic E-state index is -0.954. The van der Waals surface area contributed by atoms with Crippen LogP contribution >= 0.6 is 0 Å². The van der Waals surface area contributed by atoms with Gasteiger partial charge in [-0.3, -0.25) is 19.7 Å². The first-order valence-electron chi connectivity index (χ1n) is 8.42. The fourth-order valence-corrected chi connectivity index (χ4v) is 2.56. The number of methoxy groups -OCH3 is 1. The van der Waals surface area contributed by atoms with Crippen molar-refractivity contribution in [2.75, 3.05) is 13.7 Å². The van der Waals surface area contributed by atoms with Crippen LogP contribution in [0.3, 0.4) is 0 Å². The third kappa shape index (κ3) is 5.97. The molecule has 2 rings (SSSR count). The average Bonchev–Trinajstić information content (AvgIpc) is 2.69. The Morgan fingerprint density at radius 3 is 2.54 bits per heavy atom. The van der Waals surface area contributed by atoms with E-state index in [9.17, 15) is 19.7 Å². The van der Waals surface area contributed by atoms with Crippen LogP contribution in [0.5, 0.6) is 11.5 Å². The van der Waals surface area contributed by atoms with Crippen molar-refractivity contribution in [1.29, 1.82) is 0 Å². The lowest BCUT2D eigenvalue weighted by atomic mass is 10.0. The monoisotopic (exact) mass is 388 g/mol. The molecule has 0 fully saturated rings. The summed E-state index contributed by atoms with van der Waals surface area (Å²) < 4.78 is 10.3. The predicted octanol–water partition coefficient (Wildman–Crippen LogP) is 2.70. The molecule has 2 aromatic rings. The normalized spacial score (nSPS) is 11.3. The topological polar surface area (TPSA) is 128 Å². The van der Waals surface area contributed by atoms with Gasteiger partial charge in [0.15, 0.2) is 6.61 Å². The number of nitro groups is 1. The predicted molar refractivity (Wildman–Crippen MR) is 99.3 cm³/mol. The molecular formula is C19H20N2O7. The standard InChI is InChI=1S/C19H20N2O7/c1-27-17-11-14(7-9-16(17)21(25)26)28-12-18(22)20-15(8-10-19(23)24)13-5-3-2-4-6-13/h2-7,9,11,15H,8,10,12H2,1H3,(H,20,22)(H,23,24). The molecule has 0 aliphatic heterocycles. The summed E-state index contributed by atoms with van der Waals surface area (Å²) in [7, 11) is 1.30. The Kier molecular flexibility index (Phi) is 7.32. The van der Waals surface area contributed by atoms with E-state index in [0.717, 1.165) is 5.56 Å². The van der Waals surface area contributed by atoms with Gasteiger partial charge in [0.1, 0.15) is 5.75 Å². The van der Waals surface area contributed by atoms with E-state index in [2.05, 4.69) is 5.32 Å². The van der Waals surface area contributed by atoms with E-state index < -0.39 is 22.8 Å². The SMILES string of the molecule is COc1cc(OCC(=O)NC(CCC(=O)O)c2ccccc2)ccc1[N+](=O)[O-]. The highest BCUT2D eigenvalue weighted by Gasteiger charge is 2.18. The number of benzene rings is 2. The van der Waals surface area contributed by atoms with Crippen LogP contribution in [0, 0.1) is 10.1 Å². The molecule has 9 heteroatoms. The van der Waals surface area contributed by atoms with Crippen LogP contribution in [0.4, 0.5) is 5.69 Å². The third-order valence-corrected chi connectivity index (χ3v) is 3.90. The number of carbonyl (C=O) groups excluding carboxylic acids is 1. The van der Waals surface area contributed by atoms with Crippen LogP contribution in [-0.2, 0) is 9.59 Å². The Bertz CT molecular complexity index is 839. The quantitative estimate of drug-likeness (QED) is 0.473. The number of carbonyl (C=O) groups is 2. The van der Waals surface area contributed by atoms with Gasteiger partial charge in [-0.1, -0.05) is 30.3 Å². The lowest BCUT2D eigenvalue weighted by molar-refractivity contribution is -0.385. The number of hydrogen-bond acceptors (Lipinski definition) is 6. The van der Waals surface area contributed by atoms with Gasteiger partial charge in [0.25, 0.3) is 5.91 Å². The molecule has 148 valence electrons. The van der Waals surface area contributed by atoms with Gasteiger partial charge in [-0.05, 0) is 18.1 Å². The van der Waals surface area contributed by atoms with Gasteiger partial charge in [0.05, 0.1) is 18.1 Å². The summed E-state index contributed by atoms with van der Waals surface area (Å²) in [5.41, 5.74) is 0.575. The van der Waals surface area contributed by atoms with Gasteiger partial charge in [-0.25, -0.2) is 0 Å². The van der Waals surface area contributed by atoms with E-state index in [0.29, 0.717) is 0 Å². The van der Waals surface area contributed by atoms with Gasteiger partial charge < -0.3 is 19.9 Å². The molecule has 2 aromatic carbocycles. The van der Waals surface area contributed by atoms with Gasteiger partial charge in [-0.15, -0.1) is 0 Å². The second kappa shape index (κ2) is 9.91. The maximum absolute atomic E-state index is 12.3. The molecule has 9 nitrogen and oxygen atoms in total. The maximum Gasteiger partial charge on any atom is 0.311 e. The van der Waals surface area contributed by atoms with Crippen LogP contribution in [0.1, 0.15) is 24.4 Å². The van der Waals surface area contributed by atoms with Gasteiger partial charge in [0, 0.05) is 18.6 Å². The lowest BCUT2D eigenvalue weighted by Gasteiger charge is -2.19. The van der Waals surface area contributed by atoms with E-state index >= 15 is 0 Å². The maximum atomic E-state index is 12.3. The number of nitro benzene ring substituents is 1. The summed E-state index contributed by atoms with van der Waals surface area (Å²) in [4.78, 5) is 33.4. The van der Waals surface area contributed by atoms with E-state index in [1.54, 1.807) is 24.3 Å². The molecule has 1 amide bonds. The summed E-state index contributed by atoms with van der Waals surface area (Å²) in [5.74, 6) is -1.15. The third-order valence-electron chi connectivity index (χ3n) is 3.90. The molecule has 0 heterocycles. The molecule has 0 aromatic heterocycles. The van der Waals surface area contributed by atoms with Crippen molar-refractivity contribution in [2.45, 2.75) is 18.9 Å². The summed E-state index contributed by atoms with van der Waals surface area (Å²) >= 11 is 0. The second-order valence-electron chi connectivity index (χ2n) is 5.84. The Labute approximate surface area is 161 Å². The summed E-state index contributed by atoms with van der Waals surface area (Å²) in [6.45, 7) is -0.336. The molecule has 2 N–H and O–H groups in total. The Morgan fingerprint density at radius 2 is 1.93 bits per heavy atom. The van der Waals surface area contributed by atoms with Crippen molar-refractivity contribution in [3.8, 4) is 11.5 Å². The van der Waals surface area contributed by atoms with Crippen molar-refractivity contribution in [1.82, 2.24) is 5.32 Å². The molecule has 0 spiro atoms. The van der Waals surface area contributed by atoms with Crippen LogP contribution in [0.15, 0.2) is 48.5 Å². The summed E-state index contributed by atoms with van der Waals surface area (Å²) in [6, 6.07) is 12.5. The average molecular weight is 388 g/mol. The van der Waals surface area contributed by atoms with E-state index in [4.69, 9.17) is 14.6 Å². The highest BCUT2D eigenvalue weighted by atomic mass is 16.6. The number of rotatable bonds is 10. The molecule has 0 radical (unpaired) electrons. The summed E-state index contributed by atoms with van der Waals surface area (Å²) in [5, 5.41) is 22.6. The molecule has 0 aliphatic rings. The van der Waals surface area contributed by atoms with Crippen LogP contribution < -0.4 is 14.8 Å². The zero-order chi connectivity index (χ0) is 20.5. The van der Waals surface area contributed by atoms with E-state index in [-0.39, 0.29) is 36.6 Å². The van der Waals surface area contributed by atoms with Crippen LogP contribution in [0.2, 0.25) is 0 Å². The number of amides is 1. The first-order valence-corrected chi connectivity index (χ1v) is 8.42. The van der Waals surface area contributed by atoms with E-state index in [1.165, 1.54) is 25.3 Å². The van der Waals surface area contributed by atoms with Crippen LogP contribution in [-0.4, -0.2) is 35.6 Å². The summed E-state index contributed by atoms with van der Waals surface area (Å²) in [6.07, 6.45) is 0.136. The smallest absolute Gasteiger partial charge is 0.311 e. The van der Waals surface area contributed by atoms with E-state index in [1.807, 2.05) is 6.07 Å². The fourth-order valence-electron chi connectivity index (χ4n) is 2.56. The zero-order valence-electron chi connectivity index (χ0n) is 15.2. The molecule has 0 bridgehead atoms. The number of carboxylic acid groups (broad SMARTS) is 1. The Morgan fingerprint density at radius 1 is 1.21 bits per heavy atom. The molecular weight excluding hydrogens is 368 g/mol. The minimum Gasteiger partial charge on any atom is -0.490 e. The number of carboxylic acids is 1. The molecule has 0 saturated carbocycles. The molecule has 0 saturated heterocycles. The minimum absolute atomic E-state index is 0.0199. The first-order chi connectivity index (χ1) is 13.4. The Hall–Kier alpha value is -3.62. The Balaban J connectivity index is 2.00. The van der Waals surface area contributed by atoms with Crippen LogP contribution in [0.25, 0.3) is 0 Å². The molecule has 1 atom stereocenters. The fraction of sp³-hybridized carbons (Fsp3) is 0.263. The highest BCUT2D eigenvalue weighted by molar-refractivity contribution is 5.78. The molecule has 28 heavy (non-hydrogen) atoms. The number of hydrogen-bond donors (Lipinski definition) is 2. The largest absolute Gasteiger partial charge is 0.490 e.